The molecule has 20 heavy (non-hydrogen) atoms. The minimum atomic E-state index is 0.217. The summed E-state index contributed by atoms with van der Waals surface area (Å²) in [5, 5.41) is 6.82. The maximum atomic E-state index is 3.48. The lowest BCUT2D eigenvalue weighted by Crippen LogP contribution is -2.31. The average Bonchev–Trinajstić information content (AvgIpc) is 2.47. The maximum absolute atomic E-state index is 3.48. The van der Waals surface area contributed by atoms with Gasteiger partial charge in [0, 0.05) is 8.95 Å². The quantitative estimate of drug-likeness (QED) is 0.779. The molecule has 0 amide bonds. The summed E-state index contributed by atoms with van der Waals surface area (Å²) in [4.78, 5) is 0. The lowest BCUT2D eigenvalue weighted by molar-refractivity contribution is 0.432. The van der Waals surface area contributed by atoms with Gasteiger partial charge in [-0.05, 0) is 49.5 Å². The largest absolute Gasteiger partial charge is 0.311 e. The van der Waals surface area contributed by atoms with E-state index in [1.54, 1.807) is 0 Å². The molecule has 2 N–H and O–H groups in total. The Kier molecular flexibility index (Phi) is 5.78. The van der Waals surface area contributed by atoms with E-state index in [1.165, 1.54) is 11.1 Å². The van der Waals surface area contributed by atoms with Crippen LogP contribution < -0.4 is 10.6 Å². The lowest BCUT2D eigenvalue weighted by atomic mass is 9.93. The van der Waals surface area contributed by atoms with Gasteiger partial charge in [0.2, 0.25) is 0 Å². The molecule has 2 aromatic rings. The van der Waals surface area contributed by atoms with Gasteiger partial charge < -0.3 is 10.6 Å². The first-order chi connectivity index (χ1) is 9.65. The predicted octanol–water partition coefficient (Wildman–Crippen LogP) is 4.43. The molecule has 0 saturated carbocycles. The van der Waals surface area contributed by atoms with Gasteiger partial charge in [-0.2, -0.15) is 0 Å². The first kappa shape index (κ1) is 15.7. The van der Waals surface area contributed by atoms with Gasteiger partial charge in [0.05, 0.1) is 12.1 Å². The van der Waals surface area contributed by atoms with Gasteiger partial charge in [-0.1, -0.05) is 56.1 Å². The Morgan fingerprint density at radius 2 is 0.950 bits per heavy atom. The number of likely N-dealkylation sites (N-methyl/N-ethyl adjacent to an activating group) is 2. The van der Waals surface area contributed by atoms with E-state index in [9.17, 15) is 0 Å². The zero-order valence-electron chi connectivity index (χ0n) is 11.5. The van der Waals surface area contributed by atoms with E-state index in [-0.39, 0.29) is 12.1 Å². The Morgan fingerprint density at radius 1 is 0.650 bits per heavy atom. The summed E-state index contributed by atoms with van der Waals surface area (Å²) in [7, 11) is 3.99. The van der Waals surface area contributed by atoms with Crippen LogP contribution in [0.5, 0.6) is 0 Å². The van der Waals surface area contributed by atoms with Crippen molar-refractivity contribution in [2.24, 2.45) is 0 Å². The Bertz CT molecular complexity index is 486. The van der Waals surface area contributed by atoms with Gasteiger partial charge in [-0.3, -0.25) is 0 Å². The third-order valence-corrected chi connectivity index (χ3v) is 4.47. The Balaban J connectivity index is 2.32. The molecule has 2 aromatic carbocycles. The van der Waals surface area contributed by atoms with Crippen molar-refractivity contribution >= 4 is 31.9 Å². The van der Waals surface area contributed by atoms with Crippen LogP contribution in [0.4, 0.5) is 0 Å². The number of rotatable bonds is 5. The van der Waals surface area contributed by atoms with E-state index in [2.05, 4.69) is 91.0 Å². The van der Waals surface area contributed by atoms with Crippen LogP contribution in [0.2, 0.25) is 0 Å². The summed E-state index contributed by atoms with van der Waals surface area (Å²) in [6.45, 7) is 0. The molecule has 0 aliphatic rings. The third kappa shape index (κ3) is 3.70. The highest BCUT2D eigenvalue weighted by Gasteiger charge is 2.21. The van der Waals surface area contributed by atoms with Crippen molar-refractivity contribution in [2.45, 2.75) is 12.1 Å². The highest BCUT2D eigenvalue weighted by atomic mass is 79.9. The van der Waals surface area contributed by atoms with Crippen LogP contribution in [-0.4, -0.2) is 14.1 Å². The Hall–Kier alpha value is -0.680. The molecular formula is C16H18Br2N2. The van der Waals surface area contributed by atoms with Gasteiger partial charge in [0.1, 0.15) is 0 Å². The van der Waals surface area contributed by atoms with E-state index < -0.39 is 0 Å². The molecule has 0 saturated heterocycles. The molecule has 0 aromatic heterocycles. The van der Waals surface area contributed by atoms with Crippen molar-refractivity contribution < 1.29 is 0 Å². The molecule has 2 rings (SSSR count). The molecule has 0 aliphatic carbocycles. The standard InChI is InChI=1S/C16H18Br2N2/c1-19-15(11-3-7-13(17)8-4-11)16(20-2)12-5-9-14(18)10-6-12/h3-10,15-16,19-20H,1-2H3/t15-,16+. The van der Waals surface area contributed by atoms with Crippen LogP contribution in [0, 0.1) is 0 Å². The van der Waals surface area contributed by atoms with E-state index in [0.29, 0.717) is 0 Å². The normalized spacial score (nSPS) is 14.0. The molecule has 0 fully saturated rings. The van der Waals surface area contributed by atoms with Gasteiger partial charge in [0.15, 0.2) is 0 Å². The molecule has 4 heteroatoms. The van der Waals surface area contributed by atoms with E-state index in [1.807, 2.05) is 14.1 Å². The molecule has 2 atom stereocenters. The fourth-order valence-electron chi connectivity index (χ4n) is 2.39. The monoisotopic (exact) mass is 396 g/mol. The Labute approximate surface area is 137 Å². The number of hydrogen-bond donors (Lipinski definition) is 2. The fraction of sp³-hybridized carbons (Fsp3) is 0.250. The van der Waals surface area contributed by atoms with Crippen LogP contribution in [-0.2, 0) is 0 Å². The summed E-state index contributed by atoms with van der Waals surface area (Å²) in [6.07, 6.45) is 0. The number of benzene rings is 2. The van der Waals surface area contributed by atoms with Gasteiger partial charge in [-0.15, -0.1) is 0 Å². The predicted molar refractivity (Wildman–Crippen MR) is 91.9 cm³/mol. The molecule has 106 valence electrons. The molecule has 0 radical (unpaired) electrons. The summed E-state index contributed by atoms with van der Waals surface area (Å²) < 4.78 is 2.20. The highest BCUT2D eigenvalue weighted by Crippen LogP contribution is 2.29. The summed E-state index contributed by atoms with van der Waals surface area (Å²) >= 11 is 6.96. The van der Waals surface area contributed by atoms with Crippen LogP contribution in [0.25, 0.3) is 0 Å². The highest BCUT2D eigenvalue weighted by molar-refractivity contribution is 9.10. The molecule has 2 nitrogen and oxygen atoms in total. The van der Waals surface area contributed by atoms with Crippen LogP contribution in [0.1, 0.15) is 23.2 Å². The SMILES string of the molecule is CN[C@H](c1ccc(Br)cc1)[C@@H](NC)c1ccc(Br)cc1. The summed E-state index contributed by atoms with van der Waals surface area (Å²) in [6, 6.07) is 17.3. The first-order valence-electron chi connectivity index (χ1n) is 6.51. The van der Waals surface area contributed by atoms with Crippen molar-refractivity contribution in [3.63, 3.8) is 0 Å². The van der Waals surface area contributed by atoms with Crippen LogP contribution in [0.15, 0.2) is 57.5 Å². The van der Waals surface area contributed by atoms with Crippen molar-refractivity contribution in [3.8, 4) is 0 Å². The second-order valence-corrected chi connectivity index (χ2v) is 6.47. The second kappa shape index (κ2) is 7.36. The molecule has 0 unspecified atom stereocenters. The van der Waals surface area contributed by atoms with Gasteiger partial charge in [0.25, 0.3) is 0 Å². The van der Waals surface area contributed by atoms with Crippen LogP contribution >= 0.6 is 31.9 Å². The molecule has 0 heterocycles. The number of nitrogens with one attached hydrogen (secondary N) is 2. The number of hydrogen-bond acceptors (Lipinski definition) is 2. The summed E-state index contributed by atoms with van der Waals surface area (Å²) in [5.74, 6) is 0. The molecular weight excluding hydrogens is 380 g/mol. The third-order valence-electron chi connectivity index (χ3n) is 3.41. The summed E-state index contributed by atoms with van der Waals surface area (Å²) in [5.41, 5.74) is 2.52. The van der Waals surface area contributed by atoms with Gasteiger partial charge in [-0.25, -0.2) is 0 Å². The zero-order chi connectivity index (χ0) is 14.5. The second-order valence-electron chi connectivity index (χ2n) is 4.64. The van der Waals surface area contributed by atoms with E-state index in [0.717, 1.165) is 8.95 Å². The molecule has 0 bridgehead atoms. The van der Waals surface area contributed by atoms with E-state index in [4.69, 9.17) is 0 Å². The van der Waals surface area contributed by atoms with Crippen molar-refractivity contribution in [1.29, 1.82) is 0 Å². The minimum absolute atomic E-state index is 0.217. The first-order valence-corrected chi connectivity index (χ1v) is 8.09. The van der Waals surface area contributed by atoms with Crippen molar-refractivity contribution in [3.05, 3.63) is 68.6 Å². The maximum Gasteiger partial charge on any atom is 0.0515 e. The smallest absolute Gasteiger partial charge is 0.0515 e. The van der Waals surface area contributed by atoms with Crippen molar-refractivity contribution in [1.82, 2.24) is 10.6 Å². The lowest BCUT2D eigenvalue weighted by Gasteiger charge is -2.27. The minimum Gasteiger partial charge on any atom is -0.311 e. The fourth-order valence-corrected chi connectivity index (χ4v) is 2.92. The average molecular weight is 398 g/mol. The van der Waals surface area contributed by atoms with Gasteiger partial charge >= 0.3 is 0 Å². The molecule has 0 aliphatic heterocycles. The number of halogens is 2. The Morgan fingerprint density at radius 3 is 1.20 bits per heavy atom. The van der Waals surface area contributed by atoms with Crippen molar-refractivity contribution in [2.75, 3.05) is 14.1 Å². The molecule has 0 spiro atoms. The van der Waals surface area contributed by atoms with E-state index >= 15 is 0 Å². The topological polar surface area (TPSA) is 24.1 Å². The zero-order valence-corrected chi connectivity index (χ0v) is 14.7. The van der Waals surface area contributed by atoms with Crippen LogP contribution in [0.3, 0.4) is 0 Å².